The summed E-state index contributed by atoms with van der Waals surface area (Å²) in [4.78, 5) is 0. The molecule has 0 heterocycles. The van der Waals surface area contributed by atoms with Gasteiger partial charge >= 0.3 is 0 Å². The van der Waals surface area contributed by atoms with Gasteiger partial charge in [0.05, 0.1) is 13.2 Å². The Morgan fingerprint density at radius 2 is 1.03 bits per heavy atom. The molecular formula is C27H36F2O2. The molecule has 1 aliphatic rings. The predicted octanol–water partition coefficient (Wildman–Crippen LogP) is 8.04. The van der Waals surface area contributed by atoms with Gasteiger partial charge in [-0.3, -0.25) is 0 Å². The Balaban J connectivity index is 1.65. The van der Waals surface area contributed by atoms with Crippen molar-refractivity contribution in [3.05, 3.63) is 47.0 Å². The molecule has 0 spiro atoms. The summed E-state index contributed by atoms with van der Waals surface area (Å²) < 4.78 is 41.5. The van der Waals surface area contributed by atoms with Gasteiger partial charge in [0.25, 0.3) is 0 Å². The minimum Gasteiger partial charge on any atom is -0.491 e. The quantitative estimate of drug-likeness (QED) is 0.299. The zero-order valence-corrected chi connectivity index (χ0v) is 19.1. The summed E-state index contributed by atoms with van der Waals surface area (Å²) in [5, 5.41) is 0. The maximum absolute atomic E-state index is 15.1. The Bertz CT molecular complexity index is 848. The number of benzene rings is 2. The Kier molecular flexibility index (Phi) is 9.17. The van der Waals surface area contributed by atoms with Crippen molar-refractivity contribution >= 4 is 0 Å². The molecule has 0 atom stereocenters. The van der Waals surface area contributed by atoms with Crippen LogP contribution in [0.25, 0.3) is 11.1 Å². The van der Waals surface area contributed by atoms with Gasteiger partial charge in [-0.05, 0) is 60.1 Å². The highest BCUT2D eigenvalue weighted by Crippen LogP contribution is 2.40. The smallest absolute Gasteiger partial charge is 0.168 e. The van der Waals surface area contributed by atoms with Gasteiger partial charge in [0, 0.05) is 0 Å². The van der Waals surface area contributed by atoms with Crippen molar-refractivity contribution in [3.8, 4) is 22.6 Å². The third-order valence-electron chi connectivity index (χ3n) is 6.09. The number of rotatable bonds is 13. The van der Waals surface area contributed by atoms with Gasteiger partial charge in [-0.25, -0.2) is 8.78 Å². The van der Waals surface area contributed by atoms with Crippen molar-refractivity contribution in [2.24, 2.45) is 0 Å². The lowest BCUT2D eigenvalue weighted by Crippen LogP contribution is -2.11. The molecule has 4 heteroatoms. The molecule has 3 rings (SSSR count). The van der Waals surface area contributed by atoms with Gasteiger partial charge in [0.2, 0.25) is 0 Å². The average molecular weight is 431 g/mol. The third kappa shape index (κ3) is 5.99. The fourth-order valence-corrected chi connectivity index (χ4v) is 4.26. The number of fused-ring (bicyclic) bond motifs is 3. The van der Waals surface area contributed by atoms with E-state index < -0.39 is 0 Å². The van der Waals surface area contributed by atoms with Crippen LogP contribution in [0.1, 0.15) is 82.8 Å². The molecule has 170 valence electrons. The molecule has 1 aliphatic carbocycles. The van der Waals surface area contributed by atoms with Crippen LogP contribution in [0, 0.1) is 11.6 Å². The SMILES string of the molecule is CCCCCCCCOc1ccc2c(c1F)CCc1c-2ccc(OCCCCC)c1F. The molecule has 31 heavy (non-hydrogen) atoms. The molecule has 0 fully saturated rings. The zero-order valence-electron chi connectivity index (χ0n) is 19.1. The van der Waals surface area contributed by atoms with Crippen molar-refractivity contribution in [2.45, 2.75) is 84.5 Å². The van der Waals surface area contributed by atoms with E-state index in [0.717, 1.165) is 43.2 Å². The fourth-order valence-electron chi connectivity index (χ4n) is 4.26. The lowest BCUT2D eigenvalue weighted by molar-refractivity contribution is 0.288. The fraction of sp³-hybridized carbons (Fsp3) is 0.556. The van der Waals surface area contributed by atoms with E-state index in [-0.39, 0.29) is 11.6 Å². The van der Waals surface area contributed by atoms with Crippen molar-refractivity contribution in [1.82, 2.24) is 0 Å². The van der Waals surface area contributed by atoms with Crippen molar-refractivity contribution in [1.29, 1.82) is 0 Å². The molecular weight excluding hydrogens is 394 g/mol. The summed E-state index contributed by atoms with van der Waals surface area (Å²) in [6.45, 7) is 5.39. The maximum atomic E-state index is 15.1. The van der Waals surface area contributed by atoms with E-state index in [1.807, 2.05) is 12.1 Å². The zero-order chi connectivity index (χ0) is 22.1. The highest BCUT2D eigenvalue weighted by atomic mass is 19.1. The molecule has 2 aromatic rings. The summed E-state index contributed by atoms with van der Waals surface area (Å²) >= 11 is 0. The first-order chi connectivity index (χ1) is 15.2. The average Bonchev–Trinajstić information content (AvgIpc) is 2.78. The van der Waals surface area contributed by atoms with E-state index in [1.165, 1.54) is 25.7 Å². The Hall–Kier alpha value is -2.10. The van der Waals surface area contributed by atoms with Crippen LogP contribution in [0.15, 0.2) is 24.3 Å². The van der Waals surface area contributed by atoms with Crippen LogP contribution in [0.3, 0.4) is 0 Å². The van der Waals surface area contributed by atoms with Gasteiger partial charge in [-0.2, -0.15) is 0 Å². The first-order valence-electron chi connectivity index (χ1n) is 12.1. The molecule has 2 nitrogen and oxygen atoms in total. The van der Waals surface area contributed by atoms with Crippen molar-refractivity contribution in [2.75, 3.05) is 13.2 Å². The van der Waals surface area contributed by atoms with E-state index in [0.29, 0.717) is 48.7 Å². The molecule has 0 saturated carbocycles. The van der Waals surface area contributed by atoms with Crippen LogP contribution in [0.2, 0.25) is 0 Å². The van der Waals surface area contributed by atoms with Crippen molar-refractivity contribution < 1.29 is 18.3 Å². The van der Waals surface area contributed by atoms with E-state index in [4.69, 9.17) is 9.47 Å². The van der Waals surface area contributed by atoms with Gasteiger partial charge in [0.15, 0.2) is 23.1 Å². The highest BCUT2D eigenvalue weighted by Gasteiger charge is 2.25. The summed E-state index contributed by atoms with van der Waals surface area (Å²) in [6.07, 6.45) is 11.1. The highest BCUT2D eigenvalue weighted by molar-refractivity contribution is 5.75. The van der Waals surface area contributed by atoms with Crippen LogP contribution in [-0.4, -0.2) is 13.2 Å². The first-order valence-corrected chi connectivity index (χ1v) is 12.1. The van der Waals surface area contributed by atoms with Gasteiger partial charge in [0.1, 0.15) is 0 Å². The van der Waals surface area contributed by atoms with Gasteiger partial charge < -0.3 is 9.47 Å². The molecule has 0 aromatic heterocycles. The number of hydrogen-bond donors (Lipinski definition) is 0. The molecule has 0 amide bonds. The van der Waals surface area contributed by atoms with Gasteiger partial charge in [-0.15, -0.1) is 0 Å². The standard InChI is InChI=1S/C27H36F2O2/c1-3-5-7-8-9-11-19-31-25-17-15-21-20-14-16-24(30-18-10-6-4-2)26(28)22(20)12-13-23(21)27(25)29/h14-17H,3-13,18-19H2,1-2H3. The molecule has 0 radical (unpaired) electrons. The van der Waals surface area contributed by atoms with Crippen LogP contribution < -0.4 is 9.47 Å². The van der Waals surface area contributed by atoms with Crippen LogP contribution >= 0.6 is 0 Å². The number of hydrogen-bond acceptors (Lipinski definition) is 2. The minimum atomic E-state index is -0.302. The summed E-state index contributed by atoms with van der Waals surface area (Å²) in [7, 11) is 0. The predicted molar refractivity (Wildman–Crippen MR) is 123 cm³/mol. The molecule has 0 N–H and O–H groups in total. The van der Waals surface area contributed by atoms with Crippen LogP contribution in [-0.2, 0) is 12.8 Å². The minimum absolute atomic E-state index is 0.297. The molecule has 0 unspecified atom stereocenters. The summed E-state index contributed by atoms with van der Waals surface area (Å²) in [5.74, 6) is 0.0164. The topological polar surface area (TPSA) is 18.5 Å². The summed E-state index contributed by atoms with van der Waals surface area (Å²) in [6, 6.07) is 7.10. The Labute approximate surface area is 186 Å². The monoisotopic (exact) mass is 430 g/mol. The lowest BCUT2D eigenvalue weighted by Gasteiger charge is -2.23. The normalized spacial score (nSPS) is 12.4. The van der Waals surface area contributed by atoms with Crippen LogP contribution in [0.4, 0.5) is 8.78 Å². The van der Waals surface area contributed by atoms with Crippen LogP contribution in [0.5, 0.6) is 11.5 Å². The number of ether oxygens (including phenoxy) is 2. The van der Waals surface area contributed by atoms with E-state index in [1.54, 1.807) is 12.1 Å². The van der Waals surface area contributed by atoms with Gasteiger partial charge in [-0.1, -0.05) is 70.9 Å². The van der Waals surface area contributed by atoms with E-state index >= 15 is 8.78 Å². The van der Waals surface area contributed by atoms with E-state index in [9.17, 15) is 0 Å². The largest absolute Gasteiger partial charge is 0.491 e. The first kappa shape index (κ1) is 23.6. The Morgan fingerprint density at radius 1 is 0.613 bits per heavy atom. The second kappa shape index (κ2) is 12.1. The molecule has 2 aromatic carbocycles. The second-order valence-corrected chi connectivity index (χ2v) is 8.48. The maximum Gasteiger partial charge on any atom is 0.168 e. The van der Waals surface area contributed by atoms with E-state index in [2.05, 4.69) is 13.8 Å². The Morgan fingerprint density at radius 3 is 1.55 bits per heavy atom. The molecule has 0 saturated heterocycles. The second-order valence-electron chi connectivity index (χ2n) is 8.48. The number of halogens is 2. The lowest BCUT2D eigenvalue weighted by atomic mass is 9.84. The number of unbranched alkanes of at least 4 members (excludes halogenated alkanes) is 7. The summed E-state index contributed by atoms with van der Waals surface area (Å²) in [5.41, 5.74) is 2.78. The molecule has 0 aliphatic heterocycles. The molecule has 0 bridgehead atoms. The third-order valence-corrected chi connectivity index (χ3v) is 6.09. The van der Waals surface area contributed by atoms with Crippen molar-refractivity contribution in [3.63, 3.8) is 0 Å².